The standard InChI is InChI=1S/C15H16BrS.BF4/c16-12-7-13-17(14-8-3-1-4-9-14)15-10-5-2-6-11-15;2-1(3,4)5/h1-6,8-11H,7,12-13H2;/q+1;-1. The van der Waals surface area contributed by atoms with Gasteiger partial charge in [-0.05, 0) is 24.3 Å². The predicted molar refractivity (Wildman–Crippen MR) is 90.2 cm³/mol. The van der Waals surface area contributed by atoms with Crippen molar-refractivity contribution in [1.29, 1.82) is 0 Å². The lowest BCUT2D eigenvalue weighted by atomic mass is 10.3. The summed E-state index contributed by atoms with van der Waals surface area (Å²) in [7, 11) is -5.78. The maximum Gasteiger partial charge on any atom is 0.673 e. The summed E-state index contributed by atoms with van der Waals surface area (Å²) >= 11 is 3.53. The van der Waals surface area contributed by atoms with Crippen LogP contribution < -0.4 is 0 Å². The van der Waals surface area contributed by atoms with Crippen LogP contribution in [0, 0.1) is 0 Å². The number of hydrogen-bond acceptors (Lipinski definition) is 0. The van der Waals surface area contributed by atoms with E-state index >= 15 is 0 Å². The van der Waals surface area contributed by atoms with Gasteiger partial charge in [0.1, 0.15) is 5.75 Å². The van der Waals surface area contributed by atoms with Crippen molar-refractivity contribution < 1.29 is 17.3 Å². The minimum Gasteiger partial charge on any atom is -0.418 e. The molecule has 22 heavy (non-hydrogen) atoms. The van der Waals surface area contributed by atoms with Crippen molar-refractivity contribution in [3.05, 3.63) is 60.7 Å². The topological polar surface area (TPSA) is 0 Å². The van der Waals surface area contributed by atoms with E-state index in [1.54, 1.807) is 0 Å². The van der Waals surface area contributed by atoms with Gasteiger partial charge in [-0.1, -0.05) is 52.3 Å². The first kappa shape index (κ1) is 19.1. The van der Waals surface area contributed by atoms with Gasteiger partial charge >= 0.3 is 7.25 Å². The van der Waals surface area contributed by atoms with Crippen molar-refractivity contribution in [3.8, 4) is 0 Å². The normalized spacial score (nSPS) is 11.0. The summed E-state index contributed by atoms with van der Waals surface area (Å²) in [6.45, 7) is 0. The molecule has 2 aromatic carbocycles. The van der Waals surface area contributed by atoms with E-state index in [0.717, 1.165) is 5.33 Å². The molecule has 0 aliphatic carbocycles. The zero-order valence-corrected chi connectivity index (χ0v) is 14.2. The fraction of sp³-hybridized carbons (Fsp3) is 0.200. The van der Waals surface area contributed by atoms with Crippen LogP contribution in [0.15, 0.2) is 70.5 Å². The molecule has 0 nitrogen and oxygen atoms in total. The molecule has 120 valence electrons. The van der Waals surface area contributed by atoms with Crippen molar-refractivity contribution in [2.45, 2.75) is 16.2 Å². The first-order valence-electron chi connectivity index (χ1n) is 6.66. The first-order chi connectivity index (χ1) is 10.4. The molecule has 0 unspecified atom stereocenters. The molecule has 0 aliphatic rings. The third-order valence-corrected chi connectivity index (χ3v) is 5.48. The lowest BCUT2D eigenvalue weighted by Crippen LogP contribution is -2.09. The van der Waals surface area contributed by atoms with Crippen LogP contribution in [-0.4, -0.2) is 18.3 Å². The third-order valence-electron chi connectivity index (χ3n) is 2.54. The Morgan fingerprint density at radius 3 is 1.45 bits per heavy atom. The summed E-state index contributed by atoms with van der Waals surface area (Å²) < 4.78 is 39.0. The predicted octanol–water partition coefficient (Wildman–Crippen LogP) is 5.81. The van der Waals surface area contributed by atoms with Crippen molar-refractivity contribution >= 4 is 34.1 Å². The number of rotatable bonds is 5. The highest BCUT2D eigenvalue weighted by Gasteiger charge is 2.23. The molecule has 2 aromatic rings. The van der Waals surface area contributed by atoms with Gasteiger partial charge in [0, 0.05) is 11.8 Å². The van der Waals surface area contributed by atoms with E-state index in [4.69, 9.17) is 0 Å². The van der Waals surface area contributed by atoms with Gasteiger partial charge in [-0.25, -0.2) is 0 Å². The molecule has 0 atom stereocenters. The largest absolute Gasteiger partial charge is 0.673 e. The van der Waals surface area contributed by atoms with Gasteiger partial charge in [-0.2, -0.15) is 0 Å². The number of hydrogen-bond donors (Lipinski definition) is 0. The van der Waals surface area contributed by atoms with Crippen LogP contribution in [-0.2, 0) is 10.9 Å². The van der Waals surface area contributed by atoms with Crippen LogP contribution in [0.3, 0.4) is 0 Å². The minimum atomic E-state index is -6.00. The fourth-order valence-corrected chi connectivity index (χ4v) is 4.54. The summed E-state index contributed by atoms with van der Waals surface area (Å²) in [4.78, 5) is 2.89. The second-order valence-electron chi connectivity index (χ2n) is 4.26. The van der Waals surface area contributed by atoms with Crippen molar-refractivity contribution in [3.63, 3.8) is 0 Å². The van der Waals surface area contributed by atoms with Gasteiger partial charge in [0.2, 0.25) is 0 Å². The van der Waals surface area contributed by atoms with Crippen molar-refractivity contribution in [2.24, 2.45) is 0 Å². The zero-order chi connectivity index (χ0) is 16.4. The maximum atomic E-state index is 9.75. The van der Waals surface area contributed by atoms with Crippen LogP contribution in [0.2, 0.25) is 0 Å². The maximum absolute atomic E-state index is 9.75. The molecule has 0 fully saturated rings. The summed E-state index contributed by atoms with van der Waals surface area (Å²) in [5, 5.41) is 1.08. The Balaban J connectivity index is 0.000000422. The molecule has 0 spiro atoms. The molecule has 0 amide bonds. The average Bonchev–Trinajstić information content (AvgIpc) is 2.48. The van der Waals surface area contributed by atoms with E-state index in [2.05, 4.69) is 76.6 Å². The molecular formula is C15H16BBrF4S. The Morgan fingerprint density at radius 2 is 1.14 bits per heavy atom. The SMILES string of the molecule is BrCCC[S+](c1ccccc1)c1ccccc1.F[B-](F)(F)F. The number of benzene rings is 2. The fourth-order valence-electron chi connectivity index (χ4n) is 1.74. The van der Waals surface area contributed by atoms with Gasteiger partial charge in [0.25, 0.3) is 0 Å². The Hall–Kier alpha value is -0.945. The smallest absolute Gasteiger partial charge is 0.418 e. The Kier molecular flexibility index (Phi) is 8.64. The van der Waals surface area contributed by atoms with Crippen LogP contribution in [0.5, 0.6) is 0 Å². The second kappa shape index (κ2) is 9.95. The van der Waals surface area contributed by atoms with Crippen molar-refractivity contribution in [1.82, 2.24) is 0 Å². The molecule has 0 saturated heterocycles. The van der Waals surface area contributed by atoms with Gasteiger partial charge in [0.05, 0.1) is 10.9 Å². The van der Waals surface area contributed by atoms with Crippen molar-refractivity contribution in [2.75, 3.05) is 11.1 Å². The summed E-state index contributed by atoms with van der Waals surface area (Å²) in [6, 6.07) is 21.7. The Bertz CT molecular complexity index is 477. The van der Waals surface area contributed by atoms with E-state index in [9.17, 15) is 17.3 Å². The highest BCUT2D eigenvalue weighted by Crippen LogP contribution is 2.24. The highest BCUT2D eigenvalue weighted by molar-refractivity contribution is 9.09. The Morgan fingerprint density at radius 1 is 0.773 bits per heavy atom. The van der Waals surface area contributed by atoms with Gasteiger partial charge in [-0.15, -0.1) is 0 Å². The molecule has 0 aliphatic heterocycles. The Labute approximate surface area is 139 Å². The van der Waals surface area contributed by atoms with Gasteiger partial charge < -0.3 is 17.3 Å². The lowest BCUT2D eigenvalue weighted by molar-refractivity contribution is 0.368. The molecule has 7 heteroatoms. The minimum absolute atomic E-state index is 0.219. The monoisotopic (exact) mass is 394 g/mol. The van der Waals surface area contributed by atoms with Crippen LogP contribution >= 0.6 is 15.9 Å². The van der Waals surface area contributed by atoms with E-state index in [1.807, 2.05) is 0 Å². The van der Waals surface area contributed by atoms with E-state index in [-0.39, 0.29) is 10.9 Å². The van der Waals surface area contributed by atoms with Crippen LogP contribution in [0.25, 0.3) is 0 Å². The molecular weight excluding hydrogens is 379 g/mol. The number of halogens is 5. The van der Waals surface area contributed by atoms with E-state index in [1.165, 1.54) is 22.0 Å². The quantitative estimate of drug-likeness (QED) is 0.260. The molecule has 0 aromatic heterocycles. The third kappa shape index (κ3) is 8.49. The molecule has 0 bridgehead atoms. The van der Waals surface area contributed by atoms with E-state index in [0.29, 0.717) is 0 Å². The highest BCUT2D eigenvalue weighted by atomic mass is 79.9. The lowest BCUT2D eigenvalue weighted by Gasteiger charge is -2.07. The summed E-state index contributed by atoms with van der Waals surface area (Å²) in [5.41, 5.74) is 0. The molecule has 0 N–H and O–H groups in total. The van der Waals surface area contributed by atoms with Crippen LogP contribution in [0.4, 0.5) is 17.3 Å². The molecule has 0 saturated carbocycles. The number of alkyl halides is 1. The molecule has 0 heterocycles. The molecule has 2 rings (SSSR count). The molecule has 0 radical (unpaired) electrons. The summed E-state index contributed by atoms with van der Waals surface area (Å²) in [5.74, 6) is 1.22. The summed E-state index contributed by atoms with van der Waals surface area (Å²) in [6.07, 6.45) is 1.22. The average molecular weight is 395 g/mol. The second-order valence-corrected chi connectivity index (χ2v) is 7.18. The van der Waals surface area contributed by atoms with E-state index < -0.39 is 7.25 Å². The van der Waals surface area contributed by atoms with Gasteiger partial charge in [-0.3, -0.25) is 0 Å². The zero-order valence-electron chi connectivity index (χ0n) is 11.8. The first-order valence-corrected chi connectivity index (χ1v) is 9.17. The van der Waals surface area contributed by atoms with Gasteiger partial charge in [0.15, 0.2) is 9.79 Å². The van der Waals surface area contributed by atoms with Crippen LogP contribution in [0.1, 0.15) is 6.42 Å².